The average molecular weight is 297 g/mol. The van der Waals surface area contributed by atoms with Crippen LogP contribution in [0.5, 0.6) is 0 Å². The largest absolute Gasteiger partial charge is 0.0721 e. The summed E-state index contributed by atoms with van der Waals surface area (Å²) >= 11 is 0. The van der Waals surface area contributed by atoms with Crippen LogP contribution in [0.25, 0.3) is 28.0 Å². The van der Waals surface area contributed by atoms with Gasteiger partial charge in [-0.1, -0.05) is 86.5 Å². The van der Waals surface area contributed by atoms with E-state index in [1.54, 1.807) is 0 Å². The SMILES string of the molecule is CCCC[C]1C=Cc2c1cccc2-c1ccc2ccccc2c1. The van der Waals surface area contributed by atoms with Crippen LogP contribution in [-0.4, -0.2) is 0 Å². The molecule has 0 atom stereocenters. The number of hydrogen-bond acceptors (Lipinski definition) is 0. The van der Waals surface area contributed by atoms with Crippen molar-refractivity contribution in [2.45, 2.75) is 26.2 Å². The maximum absolute atomic E-state index is 2.31. The van der Waals surface area contributed by atoms with Crippen molar-refractivity contribution < 1.29 is 0 Å². The summed E-state index contributed by atoms with van der Waals surface area (Å²) in [5, 5.41) is 2.61. The summed E-state index contributed by atoms with van der Waals surface area (Å²) in [7, 11) is 0. The lowest BCUT2D eigenvalue weighted by molar-refractivity contribution is 0.764. The minimum atomic E-state index is 1.18. The van der Waals surface area contributed by atoms with E-state index in [1.807, 2.05) is 0 Å². The molecule has 0 fully saturated rings. The summed E-state index contributed by atoms with van der Waals surface area (Å²) in [5.41, 5.74) is 5.45. The average Bonchev–Trinajstić information content (AvgIpc) is 3.02. The molecule has 0 heteroatoms. The van der Waals surface area contributed by atoms with Crippen LogP contribution in [0.15, 0.2) is 66.7 Å². The number of hydrogen-bond donors (Lipinski definition) is 0. The molecule has 0 heterocycles. The normalized spacial score (nSPS) is 13.6. The van der Waals surface area contributed by atoms with Gasteiger partial charge in [0, 0.05) is 5.92 Å². The zero-order valence-corrected chi connectivity index (χ0v) is 13.5. The van der Waals surface area contributed by atoms with Crippen molar-refractivity contribution >= 4 is 16.8 Å². The first-order chi connectivity index (χ1) is 11.4. The molecule has 23 heavy (non-hydrogen) atoms. The van der Waals surface area contributed by atoms with Gasteiger partial charge in [0.05, 0.1) is 0 Å². The number of benzene rings is 3. The quantitative estimate of drug-likeness (QED) is 0.506. The first-order valence-corrected chi connectivity index (χ1v) is 8.53. The second-order valence-electron chi connectivity index (χ2n) is 6.29. The van der Waals surface area contributed by atoms with Crippen LogP contribution in [0.1, 0.15) is 37.3 Å². The van der Waals surface area contributed by atoms with E-state index >= 15 is 0 Å². The Bertz CT molecular complexity index is 870. The highest BCUT2D eigenvalue weighted by atomic mass is 14.2. The zero-order chi connectivity index (χ0) is 15.6. The van der Waals surface area contributed by atoms with Gasteiger partial charge in [-0.05, 0) is 45.5 Å². The van der Waals surface area contributed by atoms with Crippen molar-refractivity contribution in [3.63, 3.8) is 0 Å². The van der Waals surface area contributed by atoms with Crippen LogP contribution in [0.4, 0.5) is 0 Å². The molecular formula is C23H21. The lowest BCUT2D eigenvalue weighted by atomic mass is 9.91. The van der Waals surface area contributed by atoms with Gasteiger partial charge in [0.1, 0.15) is 0 Å². The molecule has 3 aromatic rings. The Hall–Kier alpha value is -2.34. The lowest BCUT2D eigenvalue weighted by Gasteiger charge is -2.13. The molecule has 0 bridgehead atoms. The van der Waals surface area contributed by atoms with Crippen LogP contribution in [-0.2, 0) is 0 Å². The third kappa shape index (κ3) is 2.59. The van der Waals surface area contributed by atoms with Gasteiger partial charge in [0.15, 0.2) is 0 Å². The molecule has 113 valence electrons. The van der Waals surface area contributed by atoms with Crippen molar-refractivity contribution in [2.75, 3.05) is 0 Å². The Morgan fingerprint density at radius 3 is 2.43 bits per heavy atom. The van der Waals surface area contributed by atoms with E-state index in [0.717, 1.165) is 0 Å². The fourth-order valence-electron chi connectivity index (χ4n) is 3.49. The van der Waals surface area contributed by atoms with Crippen LogP contribution < -0.4 is 0 Å². The van der Waals surface area contributed by atoms with E-state index in [2.05, 4.69) is 79.7 Å². The predicted octanol–water partition coefficient (Wildman–Crippen LogP) is 6.65. The van der Waals surface area contributed by atoms with Gasteiger partial charge < -0.3 is 0 Å². The smallest absolute Gasteiger partial charge is 0.0273 e. The second-order valence-corrected chi connectivity index (χ2v) is 6.29. The van der Waals surface area contributed by atoms with Crippen LogP contribution in [0, 0.1) is 5.92 Å². The summed E-state index contributed by atoms with van der Waals surface area (Å²) < 4.78 is 0. The van der Waals surface area contributed by atoms with Crippen molar-refractivity contribution in [1.29, 1.82) is 0 Å². The molecule has 0 amide bonds. The number of rotatable bonds is 4. The fraction of sp³-hybridized carbons (Fsp3) is 0.174. The Morgan fingerprint density at radius 1 is 0.739 bits per heavy atom. The standard InChI is InChI=1S/C23H21/c1-2-3-7-18-14-15-23-21(18)10-6-11-22(23)20-13-12-17-8-4-5-9-19(17)16-20/h4-6,8-16H,2-3,7H2,1H3. The van der Waals surface area contributed by atoms with E-state index < -0.39 is 0 Å². The topological polar surface area (TPSA) is 0 Å². The molecule has 1 aliphatic carbocycles. The molecule has 1 aliphatic rings. The predicted molar refractivity (Wildman–Crippen MR) is 100 cm³/mol. The van der Waals surface area contributed by atoms with Gasteiger partial charge in [0.2, 0.25) is 0 Å². The van der Waals surface area contributed by atoms with Crippen molar-refractivity contribution in [2.24, 2.45) is 0 Å². The number of unbranched alkanes of at least 4 members (excludes halogenated alkanes) is 1. The molecule has 0 aromatic heterocycles. The number of fused-ring (bicyclic) bond motifs is 2. The fourth-order valence-corrected chi connectivity index (χ4v) is 3.49. The molecule has 0 N–H and O–H groups in total. The second kappa shape index (κ2) is 6.04. The van der Waals surface area contributed by atoms with E-state index in [-0.39, 0.29) is 0 Å². The van der Waals surface area contributed by atoms with Gasteiger partial charge in [-0.3, -0.25) is 0 Å². The molecule has 0 spiro atoms. The highest BCUT2D eigenvalue weighted by Crippen LogP contribution is 2.39. The highest BCUT2D eigenvalue weighted by molar-refractivity contribution is 5.90. The van der Waals surface area contributed by atoms with Gasteiger partial charge in [-0.2, -0.15) is 0 Å². The Kier molecular flexibility index (Phi) is 3.75. The van der Waals surface area contributed by atoms with Gasteiger partial charge in [-0.15, -0.1) is 0 Å². The van der Waals surface area contributed by atoms with Gasteiger partial charge in [-0.25, -0.2) is 0 Å². The lowest BCUT2D eigenvalue weighted by Crippen LogP contribution is -1.95. The Morgan fingerprint density at radius 2 is 1.57 bits per heavy atom. The van der Waals surface area contributed by atoms with E-state index in [9.17, 15) is 0 Å². The van der Waals surface area contributed by atoms with E-state index in [0.29, 0.717) is 0 Å². The zero-order valence-electron chi connectivity index (χ0n) is 13.5. The highest BCUT2D eigenvalue weighted by Gasteiger charge is 2.20. The first-order valence-electron chi connectivity index (χ1n) is 8.53. The molecular weight excluding hydrogens is 276 g/mol. The van der Waals surface area contributed by atoms with Crippen molar-refractivity contribution in [1.82, 2.24) is 0 Å². The van der Waals surface area contributed by atoms with Crippen molar-refractivity contribution in [3.05, 3.63) is 83.8 Å². The minimum Gasteiger partial charge on any atom is -0.0721 e. The first kappa shape index (κ1) is 14.3. The minimum absolute atomic E-state index is 1.18. The summed E-state index contributed by atoms with van der Waals surface area (Å²) in [4.78, 5) is 0. The maximum atomic E-state index is 2.31. The molecule has 0 saturated heterocycles. The summed E-state index contributed by atoms with van der Waals surface area (Å²) in [5.74, 6) is 1.49. The maximum Gasteiger partial charge on any atom is 0.0273 e. The van der Waals surface area contributed by atoms with Gasteiger partial charge in [0.25, 0.3) is 0 Å². The van der Waals surface area contributed by atoms with Crippen LogP contribution in [0.3, 0.4) is 0 Å². The van der Waals surface area contributed by atoms with Crippen LogP contribution >= 0.6 is 0 Å². The summed E-state index contributed by atoms with van der Waals surface area (Å²) in [6, 6.07) is 22.1. The Balaban J connectivity index is 1.77. The molecule has 0 unspecified atom stereocenters. The molecule has 1 radical (unpaired) electrons. The molecule has 0 aliphatic heterocycles. The molecule has 3 aromatic carbocycles. The molecule has 0 saturated carbocycles. The van der Waals surface area contributed by atoms with E-state index in [4.69, 9.17) is 0 Å². The van der Waals surface area contributed by atoms with Crippen molar-refractivity contribution in [3.8, 4) is 11.1 Å². The summed E-state index contributed by atoms with van der Waals surface area (Å²) in [6.45, 7) is 2.26. The Labute approximate surface area is 138 Å². The third-order valence-corrected chi connectivity index (χ3v) is 4.76. The van der Waals surface area contributed by atoms with Gasteiger partial charge >= 0.3 is 0 Å². The summed E-state index contributed by atoms with van der Waals surface area (Å²) in [6.07, 6.45) is 8.30. The molecule has 4 rings (SSSR count). The molecule has 0 nitrogen and oxygen atoms in total. The van der Waals surface area contributed by atoms with Crippen LogP contribution in [0.2, 0.25) is 0 Å². The van der Waals surface area contributed by atoms with E-state index in [1.165, 1.54) is 58.2 Å². The third-order valence-electron chi connectivity index (χ3n) is 4.76. The monoisotopic (exact) mass is 297 g/mol. The number of allylic oxidation sites excluding steroid dienone is 1.